The van der Waals surface area contributed by atoms with Gasteiger partial charge in [0.25, 0.3) is 5.91 Å². The Morgan fingerprint density at radius 1 is 0.865 bits per heavy atom. The Labute approximate surface area is 230 Å². The molecule has 0 spiro atoms. The van der Waals surface area contributed by atoms with Gasteiger partial charge in [-0.05, 0) is 48.6 Å². The number of nitrogens with zero attached hydrogens (tertiary/aromatic N) is 1. The van der Waals surface area contributed by atoms with Gasteiger partial charge in [0.15, 0.2) is 0 Å². The molecular formula is C31H34Cl2N2O2. The molecule has 1 aliphatic carbocycles. The highest BCUT2D eigenvalue weighted by molar-refractivity contribution is 6.36. The Hall–Kier alpha value is -2.82. The van der Waals surface area contributed by atoms with E-state index in [-0.39, 0.29) is 30.2 Å². The second-order valence-electron chi connectivity index (χ2n) is 9.68. The van der Waals surface area contributed by atoms with Crippen molar-refractivity contribution in [2.75, 3.05) is 13.1 Å². The van der Waals surface area contributed by atoms with Gasteiger partial charge in [-0.15, -0.1) is 0 Å². The summed E-state index contributed by atoms with van der Waals surface area (Å²) in [5, 5.41) is 3.93. The lowest BCUT2D eigenvalue weighted by atomic mass is 9.88. The van der Waals surface area contributed by atoms with Crippen LogP contribution in [-0.2, 0) is 4.79 Å². The third kappa shape index (κ3) is 7.59. The summed E-state index contributed by atoms with van der Waals surface area (Å²) >= 11 is 12.4. The SMILES string of the molecule is O=C(CCN(C(=O)c1ccc(Cl)cc1Cl)C1CCCCC1)NCCC(c1ccccc1)c1ccccc1. The molecule has 0 bridgehead atoms. The normalized spacial score (nSPS) is 13.9. The van der Waals surface area contributed by atoms with Crippen LogP contribution < -0.4 is 5.32 Å². The lowest BCUT2D eigenvalue weighted by Gasteiger charge is -2.34. The molecule has 37 heavy (non-hydrogen) atoms. The maximum Gasteiger partial charge on any atom is 0.255 e. The van der Waals surface area contributed by atoms with Crippen molar-refractivity contribution < 1.29 is 9.59 Å². The van der Waals surface area contributed by atoms with Crippen LogP contribution in [0.3, 0.4) is 0 Å². The van der Waals surface area contributed by atoms with E-state index < -0.39 is 0 Å². The maximum atomic E-state index is 13.5. The fraction of sp³-hybridized carbons (Fsp3) is 0.355. The van der Waals surface area contributed by atoms with Crippen LogP contribution in [0.4, 0.5) is 0 Å². The van der Waals surface area contributed by atoms with E-state index in [1.54, 1.807) is 18.2 Å². The van der Waals surface area contributed by atoms with Crippen molar-refractivity contribution >= 4 is 35.0 Å². The molecular weight excluding hydrogens is 503 g/mol. The first-order valence-corrected chi connectivity index (χ1v) is 13.9. The van der Waals surface area contributed by atoms with Crippen molar-refractivity contribution in [1.29, 1.82) is 0 Å². The summed E-state index contributed by atoms with van der Waals surface area (Å²) < 4.78 is 0. The molecule has 0 aromatic heterocycles. The molecule has 2 amide bonds. The Morgan fingerprint density at radius 3 is 2.08 bits per heavy atom. The van der Waals surface area contributed by atoms with E-state index in [0.717, 1.165) is 32.1 Å². The molecule has 194 valence electrons. The molecule has 1 fully saturated rings. The van der Waals surface area contributed by atoms with Gasteiger partial charge < -0.3 is 10.2 Å². The van der Waals surface area contributed by atoms with Gasteiger partial charge in [-0.25, -0.2) is 0 Å². The van der Waals surface area contributed by atoms with Gasteiger partial charge in [0, 0.05) is 36.5 Å². The summed E-state index contributed by atoms with van der Waals surface area (Å²) in [6.45, 7) is 0.933. The number of hydrogen-bond donors (Lipinski definition) is 1. The molecule has 0 radical (unpaired) electrons. The van der Waals surface area contributed by atoms with Crippen molar-refractivity contribution in [2.24, 2.45) is 0 Å². The first-order chi connectivity index (χ1) is 18.0. The molecule has 0 atom stereocenters. The van der Waals surface area contributed by atoms with E-state index in [0.29, 0.717) is 28.7 Å². The van der Waals surface area contributed by atoms with Gasteiger partial charge in [0.1, 0.15) is 0 Å². The van der Waals surface area contributed by atoms with E-state index in [1.165, 1.54) is 17.5 Å². The van der Waals surface area contributed by atoms with Gasteiger partial charge >= 0.3 is 0 Å². The van der Waals surface area contributed by atoms with Crippen molar-refractivity contribution in [2.45, 2.75) is 56.9 Å². The fourth-order valence-electron chi connectivity index (χ4n) is 5.22. The summed E-state index contributed by atoms with van der Waals surface area (Å²) in [6, 6.07) is 25.8. The number of halogens is 2. The van der Waals surface area contributed by atoms with Crippen LogP contribution in [0, 0.1) is 0 Å². The largest absolute Gasteiger partial charge is 0.356 e. The van der Waals surface area contributed by atoms with Crippen LogP contribution >= 0.6 is 23.2 Å². The summed E-state index contributed by atoms with van der Waals surface area (Å²) in [5.74, 6) is 0.0281. The van der Waals surface area contributed by atoms with Crippen LogP contribution in [0.25, 0.3) is 0 Å². The number of carbonyl (C=O) groups is 2. The minimum absolute atomic E-state index is 0.0457. The number of carbonyl (C=O) groups excluding carboxylic acids is 2. The predicted molar refractivity (Wildman–Crippen MR) is 151 cm³/mol. The molecule has 4 nitrogen and oxygen atoms in total. The lowest BCUT2D eigenvalue weighted by Crippen LogP contribution is -2.43. The Morgan fingerprint density at radius 2 is 1.49 bits per heavy atom. The van der Waals surface area contributed by atoms with Crippen LogP contribution in [-0.4, -0.2) is 35.8 Å². The highest BCUT2D eigenvalue weighted by atomic mass is 35.5. The first-order valence-electron chi connectivity index (χ1n) is 13.2. The summed E-state index contributed by atoms with van der Waals surface area (Å²) in [7, 11) is 0. The molecule has 1 N–H and O–H groups in total. The zero-order valence-electron chi connectivity index (χ0n) is 21.0. The second-order valence-corrected chi connectivity index (χ2v) is 10.5. The Kier molecular flexibility index (Phi) is 10.0. The molecule has 3 aromatic rings. The zero-order valence-corrected chi connectivity index (χ0v) is 22.6. The highest BCUT2D eigenvalue weighted by Crippen LogP contribution is 2.29. The predicted octanol–water partition coefficient (Wildman–Crippen LogP) is 7.50. The van der Waals surface area contributed by atoms with Crippen LogP contribution in [0.2, 0.25) is 10.0 Å². The Balaban J connectivity index is 1.37. The van der Waals surface area contributed by atoms with E-state index in [4.69, 9.17) is 23.2 Å². The molecule has 0 aliphatic heterocycles. The minimum atomic E-state index is -0.130. The molecule has 0 heterocycles. The van der Waals surface area contributed by atoms with E-state index >= 15 is 0 Å². The third-order valence-electron chi connectivity index (χ3n) is 7.18. The number of hydrogen-bond acceptors (Lipinski definition) is 2. The summed E-state index contributed by atoms with van der Waals surface area (Å²) in [4.78, 5) is 28.2. The molecule has 0 unspecified atom stereocenters. The standard InChI is InChI=1S/C31H34Cl2N2O2/c32-25-16-17-28(29(33)22-25)31(37)35(26-14-8-3-9-15-26)21-19-30(36)34-20-18-27(23-10-4-1-5-11-23)24-12-6-2-7-13-24/h1-2,4-7,10-13,16-17,22,26-27H,3,8-9,14-15,18-21H2,(H,34,36). The summed E-state index contributed by atoms with van der Waals surface area (Å²) in [6.07, 6.45) is 6.33. The molecule has 4 rings (SSSR count). The van der Waals surface area contributed by atoms with Gasteiger partial charge in [0.2, 0.25) is 5.91 Å². The quantitative estimate of drug-likeness (QED) is 0.291. The smallest absolute Gasteiger partial charge is 0.255 e. The molecule has 1 aliphatic rings. The number of nitrogens with one attached hydrogen (secondary N) is 1. The zero-order chi connectivity index (χ0) is 26.0. The van der Waals surface area contributed by atoms with Gasteiger partial charge in [0.05, 0.1) is 10.6 Å². The van der Waals surface area contributed by atoms with Crippen LogP contribution in [0.1, 0.15) is 72.3 Å². The summed E-state index contributed by atoms with van der Waals surface area (Å²) in [5.41, 5.74) is 2.90. The topological polar surface area (TPSA) is 49.4 Å². The minimum Gasteiger partial charge on any atom is -0.356 e. The van der Waals surface area contributed by atoms with Crippen molar-refractivity contribution in [3.8, 4) is 0 Å². The average molecular weight is 538 g/mol. The van der Waals surface area contributed by atoms with Crippen LogP contribution in [0.5, 0.6) is 0 Å². The highest BCUT2D eigenvalue weighted by Gasteiger charge is 2.28. The van der Waals surface area contributed by atoms with Gasteiger partial charge in [-0.2, -0.15) is 0 Å². The van der Waals surface area contributed by atoms with E-state index in [2.05, 4.69) is 29.6 Å². The maximum absolute atomic E-state index is 13.5. The number of amides is 2. The molecule has 0 saturated heterocycles. The fourth-order valence-corrected chi connectivity index (χ4v) is 5.71. The van der Waals surface area contributed by atoms with Crippen molar-refractivity contribution in [1.82, 2.24) is 10.2 Å². The monoisotopic (exact) mass is 536 g/mol. The van der Waals surface area contributed by atoms with Crippen LogP contribution in [0.15, 0.2) is 78.9 Å². The average Bonchev–Trinajstić information content (AvgIpc) is 2.92. The molecule has 6 heteroatoms. The third-order valence-corrected chi connectivity index (χ3v) is 7.72. The van der Waals surface area contributed by atoms with Gasteiger partial charge in [-0.1, -0.05) is 103 Å². The molecule has 1 saturated carbocycles. The Bertz CT molecular complexity index is 1120. The lowest BCUT2D eigenvalue weighted by molar-refractivity contribution is -0.121. The van der Waals surface area contributed by atoms with E-state index in [9.17, 15) is 9.59 Å². The van der Waals surface area contributed by atoms with Gasteiger partial charge in [-0.3, -0.25) is 9.59 Å². The second kappa shape index (κ2) is 13.6. The van der Waals surface area contributed by atoms with Crippen molar-refractivity contribution in [3.63, 3.8) is 0 Å². The molecule has 3 aromatic carbocycles. The van der Waals surface area contributed by atoms with E-state index in [1.807, 2.05) is 41.3 Å². The first kappa shape index (κ1) is 27.2. The number of benzene rings is 3. The van der Waals surface area contributed by atoms with Crippen molar-refractivity contribution in [3.05, 3.63) is 106 Å². The number of rotatable bonds is 10.